The maximum atomic E-state index is 11.8. The molecule has 18 heavy (non-hydrogen) atoms. The van der Waals surface area contributed by atoms with Crippen LogP contribution in [-0.4, -0.2) is 29.5 Å². The Morgan fingerprint density at radius 1 is 1.44 bits per heavy atom. The first-order valence-corrected chi connectivity index (χ1v) is 5.61. The number of para-hydroxylation sites is 2. The minimum absolute atomic E-state index is 0. The van der Waals surface area contributed by atoms with Gasteiger partial charge in [0.25, 0.3) is 0 Å². The van der Waals surface area contributed by atoms with E-state index in [1.54, 1.807) is 0 Å². The Bertz CT molecular complexity index is 493. The van der Waals surface area contributed by atoms with Crippen molar-refractivity contribution in [1.82, 2.24) is 15.3 Å². The largest absolute Gasteiger partial charge is 0.324 e. The average Bonchev–Trinajstić information content (AvgIpc) is 2.71. The summed E-state index contributed by atoms with van der Waals surface area (Å²) in [5.74, 6) is 0.366. The quantitative estimate of drug-likeness (QED) is 0.792. The van der Waals surface area contributed by atoms with E-state index in [1.165, 1.54) is 0 Å². The lowest BCUT2D eigenvalue weighted by atomic mass is 10.2. The number of halogens is 1. The van der Waals surface area contributed by atoms with E-state index in [1.807, 2.05) is 38.2 Å². The molecule has 1 aromatic carbocycles. The summed E-state index contributed by atoms with van der Waals surface area (Å²) < 4.78 is 0. The number of carbonyl (C=O) groups excluding carboxylic acids is 1. The van der Waals surface area contributed by atoms with Crippen LogP contribution in [-0.2, 0) is 4.79 Å². The van der Waals surface area contributed by atoms with Crippen molar-refractivity contribution in [2.24, 2.45) is 5.92 Å². The van der Waals surface area contributed by atoms with Gasteiger partial charge in [-0.3, -0.25) is 10.1 Å². The number of anilines is 1. The highest BCUT2D eigenvalue weighted by Gasteiger charge is 2.13. The zero-order valence-corrected chi connectivity index (χ0v) is 11.2. The lowest BCUT2D eigenvalue weighted by Crippen LogP contribution is -2.28. The van der Waals surface area contributed by atoms with Crippen molar-refractivity contribution in [1.29, 1.82) is 0 Å². The Morgan fingerprint density at radius 3 is 2.83 bits per heavy atom. The van der Waals surface area contributed by atoms with Gasteiger partial charge in [-0.2, -0.15) is 0 Å². The SMILES string of the molecule is CNCC(C)C(=O)Nc1nc2ccccc2[nH]1.Cl. The molecule has 1 atom stereocenters. The summed E-state index contributed by atoms with van der Waals surface area (Å²) in [6, 6.07) is 7.67. The van der Waals surface area contributed by atoms with Crippen molar-refractivity contribution >= 4 is 35.3 Å². The van der Waals surface area contributed by atoms with Crippen LogP contribution in [0.5, 0.6) is 0 Å². The fourth-order valence-electron chi connectivity index (χ4n) is 1.65. The van der Waals surface area contributed by atoms with Gasteiger partial charge in [0.1, 0.15) is 0 Å². The van der Waals surface area contributed by atoms with E-state index >= 15 is 0 Å². The number of H-pyrrole nitrogens is 1. The summed E-state index contributed by atoms with van der Waals surface area (Å²) in [5, 5.41) is 5.74. The molecule has 1 unspecified atom stereocenters. The number of imidazole rings is 1. The number of aromatic nitrogens is 2. The molecule has 0 aliphatic carbocycles. The van der Waals surface area contributed by atoms with Crippen LogP contribution in [0.1, 0.15) is 6.92 Å². The van der Waals surface area contributed by atoms with Gasteiger partial charge in [-0.1, -0.05) is 19.1 Å². The van der Waals surface area contributed by atoms with Crippen molar-refractivity contribution in [3.8, 4) is 0 Å². The third-order valence-electron chi connectivity index (χ3n) is 2.59. The summed E-state index contributed by atoms with van der Waals surface area (Å²) in [6.07, 6.45) is 0. The molecule has 0 bridgehead atoms. The maximum Gasteiger partial charge on any atom is 0.230 e. The summed E-state index contributed by atoms with van der Waals surface area (Å²) in [5.41, 5.74) is 1.77. The van der Waals surface area contributed by atoms with E-state index in [4.69, 9.17) is 0 Å². The highest BCUT2D eigenvalue weighted by molar-refractivity contribution is 5.92. The average molecular weight is 269 g/mol. The van der Waals surface area contributed by atoms with Gasteiger partial charge in [0.05, 0.1) is 11.0 Å². The Labute approximate surface area is 112 Å². The minimum Gasteiger partial charge on any atom is -0.324 e. The normalized spacial score (nSPS) is 11.9. The first-order chi connectivity index (χ1) is 8.20. The molecule has 0 aliphatic heterocycles. The zero-order valence-electron chi connectivity index (χ0n) is 10.4. The number of hydrogen-bond donors (Lipinski definition) is 3. The third kappa shape index (κ3) is 3.21. The highest BCUT2D eigenvalue weighted by Crippen LogP contribution is 2.13. The molecule has 0 fully saturated rings. The number of fused-ring (bicyclic) bond motifs is 1. The van der Waals surface area contributed by atoms with Gasteiger partial charge in [-0.15, -0.1) is 12.4 Å². The molecule has 0 spiro atoms. The lowest BCUT2D eigenvalue weighted by Gasteiger charge is -2.09. The van der Waals surface area contributed by atoms with Crippen LogP contribution in [0.3, 0.4) is 0 Å². The van der Waals surface area contributed by atoms with Crippen LogP contribution in [0.15, 0.2) is 24.3 Å². The van der Waals surface area contributed by atoms with Crippen molar-refractivity contribution in [2.75, 3.05) is 18.9 Å². The molecular weight excluding hydrogens is 252 g/mol. The Morgan fingerprint density at radius 2 is 2.17 bits per heavy atom. The number of amides is 1. The molecule has 6 heteroatoms. The van der Waals surface area contributed by atoms with Gasteiger partial charge in [0, 0.05) is 12.5 Å². The van der Waals surface area contributed by atoms with Gasteiger partial charge in [0.2, 0.25) is 11.9 Å². The van der Waals surface area contributed by atoms with Crippen molar-refractivity contribution in [3.05, 3.63) is 24.3 Å². The molecule has 1 amide bonds. The van der Waals surface area contributed by atoms with Gasteiger partial charge in [0.15, 0.2) is 0 Å². The second-order valence-electron chi connectivity index (χ2n) is 4.05. The number of nitrogens with one attached hydrogen (secondary N) is 3. The van der Waals surface area contributed by atoms with Crippen molar-refractivity contribution < 1.29 is 4.79 Å². The molecule has 1 heterocycles. The second kappa shape index (κ2) is 6.37. The molecule has 0 radical (unpaired) electrons. The lowest BCUT2D eigenvalue weighted by molar-refractivity contribution is -0.119. The molecule has 98 valence electrons. The second-order valence-corrected chi connectivity index (χ2v) is 4.05. The fraction of sp³-hybridized carbons (Fsp3) is 0.333. The number of benzene rings is 1. The third-order valence-corrected chi connectivity index (χ3v) is 2.59. The fourth-order valence-corrected chi connectivity index (χ4v) is 1.65. The van der Waals surface area contributed by atoms with Crippen LogP contribution in [0.2, 0.25) is 0 Å². The van der Waals surface area contributed by atoms with Crippen LogP contribution in [0.4, 0.5) is 5.95 Å². The number of carbonyl (C=O) groups is 1. The van der Waals surface area contributed by atoms with Crippen molar-refractivity contribution in [3.63, 3.8) is 0 Å². The van der Waals surface area contributed by atoms with Crippen molar-refractivity contribution in [2.45, 2.75) is 6.92 Å². The molecular formula is C12H17ClN4O. The molecule has 5 nitrogen and oxygen atoms in total. The first-order valence-electron chi connectivity index (χ1n) is 5.61. The van der Waals surface area contributed by atoms with E-state index in [0.717, 1.165) is 11.0 Å². The highest BCUT2D eigenvalue weighted by atomic mass is 35.5. The molecule has 2 rings (SSSR count). The molecule has 0 saturated carbocycles. The maximum absolute atomic E-state index is 11.8. The van der Waals surface area contributed by atoms with Crippen LogP contribution >= 0.6 is 12.4 Å². The number of hydrogen-bond acceptors (Lipinski definition) is 3. The first kappa shape index (κ1) is 14.5. The molecule has 0 saturated heterocycles. The summed E-state index contributed by atoms with van der Waals surface area (Å²) in [4.78, 5) is 19.1. The molecule has 1 aromatic heterocycles. The van der Waals surface area contributed by atoms with Gasteiger partial charge < -0.3 is 10.3 Å². The van der Waals surface area contributed by atoms with Gasteiger partial charge in [-0.05, 0) is 19.2 Å². The predicted octanol–water partition coefficient (Wildman–Crippen LogP) is 1.78. The Kier molecular flexibility index (Phi) is 5.12. The van der Waals surface area contributed by atoms with E-state index < -0.39 is 0 Å². The van der Waals surface area contributed by atoms with Crippen LogP contribution in [0, 0.1) is 5.92 Å². The Hall–Kier alpha value is -1.59. The summed E-state index contributed by atoms with van der Waals surface area (Å²) in [6.45, 7) is 2.51. The predicted molar refractivity (Wildman–Crippen MR) is 75.1 cm³/mol. The topological polar surface area (TPSA) is 69.8 Å². The molecule has 2 aromatic rings. The van der Waals surface area contributed by atoms with E-state index in [9.17, 15) is 4.79 Å². The smallest absolute Gasteiger partial charge is 0.230 e. The number of nitrogens with zero attached hydrogens (tertiary/aromatic N) is 1. The number of aromatic amines is 1. The minimum atomic E-state index is -0.0896. The summed E-state index contributed by atoms with van der Waals surface area (Å²) >= 11 is 0. The van der Waals surface area contributed by atoms with Crippen LogP contribution < -0.4 is 10.6 Å². The monoisotopic (exact) mass is 268 g/mol. The standard InChI is InChI=1S/C12H16N4O.ClH/c1-8(7-13-2)11(17)16-12-14-9-5-3-4-6-10(9)15-12;/h3-6,8,13H,7H2,1-2H3,(H2,14,15,16,17);1H. The zero-order chi connectivity index (χ0) is 12.3. The van der Waals surface area contributed by atoms with Gasteiger partial charge in [-0.25, -0.2) is 4.98 Å². The Balaban J connectivity index is 0.00000162. The van der Waals surface area contributed by atoms with E-state index in [-0.39, 0.29) is 24.2 Å². The van der Waals surface area contributed by atoms with E-state index in [0.29, 0.717) is 12.5 Å². The molecule has 0 aliphatic rings. The van der Waals surface area contributed by atoms with E-state index in [2.05, 4.69) is 20.6 Å². The van der Waals surface area contributed by atoms with Gasteiger partial charge >= 0.3 is 0 Å². The molecule has 3 N–H and O–H groups in total. The number of rotatable bonds is 4. The van der Waals surface area contributed by atoms with Crippen LogP contribution in [0.25, 0.3) is 11.0 Å². The summed E-state index contributed by atoms with van der Waals surface area (Å²) in [7, 11) is 1.82.